The van der Waals surface area contributed by atoms with Crippen LogP contribution in [0.4, 0.5) is 0 Å². The highest BCUT2D eigenvalue weighted by Gasteiger charge is 2.26. The maximum Gasteiger partial charge on any atom is 0.176 e. The number of carbonyl (C=O) groups is 1. The third kappa shape index (κ3) is 2.24. The second-order valence-electron chi connectivity index (χ2n) is 4.46. The summed E-state index contributed by atoms with van der Waals surface area (Å²) in [6.45, 7) is 5.06. The van der Waals surface area contributed by atoms with E-state index in [1.54, 1.807) is 6.07 Å². The average molecular weight is 314 g/mol. The first kappa shape index (κ1) is 13.4. The zero-order valence-electron chi connectivity index (χ0n) is 10.5. The molecule has 0 aliphatic carbocycles. The van der Waals surface area contributed by atoms with Crippen LogP contribution in [-0.2, 0) is 0 Å². The minimum Gasteiger partial charge on any atom is -0.486 e. The van der Waals surface area contributed by atoms with Crippen molar-refractivity contribution in [3.8, 4) is 11.5 Å². The molecule has 0 atom stereocenters. The lowest BCUT2D eigenvalue weighted by Gasteiger charge is -2.25. The molecule has 0 amide bonds. The molecule has 98 valence electrons. The smallest absolute Gasteiger partial charge is 0.176 e. The Morgan fingerprint density at radius 1 is 1.39 bits per heavy atom. The van der Waals surface area contributed by atoms with Gasteiger partial charge in [0.2, 0.25) is 0 Å². The Hall–Kier alpha value is -1.07. The molecular formula is C13H16BrNO3. The molecule has 1 aliphatic rings. The maximum absolute atomic E-state index is 11.9. The number of fused-ring (bicyclic) bond motifs is 1. The van der Waals surface area contributed by atoms with Gasteiger partial charge >= 0.3 is 0 Å². The van der Waals surface area contributed by atoms with E-state index >= 15 is 0 Å². The van der Waals surface area contributed by atoms with Crippen molar-refractivity contribution in [3.63, 3.8) is 0 Å². The number of nitrogens with two attached hydrogens (primary N) is 1. The molecule has 0 spiro atoms. The fourth-order valence-corrected chi connectivity index (χ4v) is 2.63. The topological polar surface area (TPSA) is 61.6 Å². The monoisotopic (exact) mass is 313 g/mol. The van der Waals surface area contributed by atoms with Crippen molar-refractivity contribution in [1.29, 1.82) is 0 Å². The molecule has 1 heterocycles. The first-order chi connectivity index (χ1) is 8.56. The van der Waals surface area contributed by atoms with Crippen molar-refractivity contribution in [2.45, 2.75) is 19.8 Å². The van der Waals surface area contributed by atoms with E-state index in [-0.39, 0.29) is 18.2 Å². The Morgan fingerprint density at radius 2 is 2.00 bits per heavy atom. The van der Waals surface area contributed by atoms with Crippen molar-refractivity contribution in [2.75, 3.05) is 19.8 Å². The zero-order chi connectivity index (χ0) is 13.3. The summed E-state index contributed by atoms with van der Waals surface area (Å²) in [6.07, 6.45) is 0. The molecule has 1 aromatic rings. The van der Waals surface area contributed by atoms with Crippen LogP contribution in [0, 0.1) is 0 Å². The third-order valence-electron chi connectivity index (χ3n) is 2.87. The van der Waals surface area contributed by atoms with Gasteiger partial charge in [0.1, 0.15) is 13.2 Å². The van der Waals surface area contributed by atoms with E-state index in [0.29, 0.717) is 30.3 Å². The number of Topliss-reactive ketones (excluding diaryl/α,β-unsaturated/α-hetero) is 1. The lowest BCUT2D eigenvalue weighted by molar-refractivity contribution is 0.0998. The number of ketones is 1. The van der Waals surface area contributed by atoms with E-state index in [1.165, 1.54) is 0 Å². The highest BCUT2D eigenvalue weighted by molar-refractivity contribution is 9.10. The van der Waals surface area contributed by atoms with Gasteiger partial charge in [0.05, 0.1) is 11.0 Å². The Bertz CT molecular complexity index is 486. The summed E-state index contributed by atoms with van der Waals surface area (Å²) >= 11 is 3.42. The fourth-order valence-electron chi connectivity index (χ4n) is 2.10. The first-order valence-electron chi connectivity index (χ1n) is 5.91. The lowest BCUT2D eigenvalue weighted by Crippen LogP contribution is -2.21. The molecule has 0 aromatic heterocycles. The van der Waals surface area contributed by atoms with Crippen molar-refractivity contribution in [3.05, 3.63) is 21.7 Å². The number of ether oxygens (including phenoxy) is 2. The largest absolute Gasteiger partial charge is 0.486 e. The standard InChI is InChI=1S/C13H16BrNO3/c1-7(2)11-8(10(16)6-15)5-9(14)12-13(11)18-4-3-17-12/h5,7H,3-4,6,15H2,1-2H3. The number of halogens is 1. The van der Waals surface area contributed by atoms with E-state index in [1.807, 2.05) is 13.8 Å². The predicted octanol–water partition coefficient (Wildman–Crippen LogP) is 2.49. The molecule has 0 unspecified atom stereocenters. The van der Waals surface area contributed by atoms with Crippen LogP contribution in [0.5, 0.6) is 11.5 Å². The average Bonchev–Trinajstić information content (AvgIpc) is 2.37. The normalized spacial score (nSPS) is 13.8. The summed E-state index contributed by atoms with van der Waals surface area (Å²) < 4.78 is 12.0. The molecule has 2 rings (SSSR count). The number of benzene rings is 1. The van der Waals surface area contributed by atoms with E-state index < -0.39 is 0 Å². The Balaban J connectivity index is 2.67. The molecule has 2 N–H and O–H groups in total. The SMILES string of the molecule is CC(C)c1c(C(=O)CN)cc(Br)c2c1OCCO2. The first-order valence-corrected chi connectivity index (χ1v) is 6.70. The van der Waals surface area contributed by atoms with Gasteiger partial charge in [0.25, 0.3) is 0 Å². The summed E-state index contributed by atoms with van der Waals surface area (Å²) in [5.41, 5.74) is 6.95. The Labute approximate surface area is 115 Å². The van der Waals surface area contributed by atoms with Crippen molar-refractivity contribution in [2.24, 2.45) is 5.73 Å². The molecule has 0 saturated carbocycles. The molecule has 0 fully saturated rings. The lowest BCUT2D eigenvalue weighted by atomic mass is 9.93. The number of carbonyl (C=O) groups excluding carboxylic acids is 1. The second kappa shape index (κ2) is 5.28. The Kier molecular flexibility index (Phi) is 3.92. The van der Waals surface area contributed by atoms with Gasteiger partial charge in [-0.2, -0.15) is 0 Å². The van der Waals surface area contributed by atoms with E-state index in [9.17, 15) is 4.79 Å². The predicted molar refractivity (Wildman–Crippen MR) is 72.6 cm³/mol. The van der Waals surface area contributed by atoms with E-state index in [2.05, 4.69) is 15.9 Å². The second-order valence-corrected chi connectivity index (χ2v) is 5.31. The van der Waals surface area contributed by atoms with Crippen LogP contribution in [0.3, 0.4) is 0 Å². The minimum absolute atomic E-state index is 0.00813. The van der Waals surface area contributed by atoms with Gasteiger partial charge in [-0.3, -0.25) is 4.79 Å². The van der Waals surface area contributed by atoms with Gasteiger partial charge in [0, 0.05) is 11.1 Å². The molecule has 0 radical (unpaired) electrons. The van der Waals surface area contributed by atoms with Gasteiger partial charge in [-0.1, -0.05) is 13.8 Å². The molecule has 18 heavy (non-hydrogen) atoms. The molecule has 1 aromatic carbocycles. The quantitative estimate of drug-likeness (QED) is 0.871. The van der Waals surface area contributed by atoms with Crippen molar-refractivity contribution in [1.82, 2.24) is 0 Å². The van der Waals surface area contributed by atoms with Crippen molar-refractivity contribution >= 4 is 21.7 Å². The van der Waals surface area contributed by atoms with Crippen LogP contribution in [0.15, 0.2) is 10.5 Å². The van der Waals surface area contributed by atoms with Crippen LogP contribution in [-0.4, -0.2) is 25.5 Å². The third-order valence-corrected chi connectivity index (χ3v) is 3.46. The van der Waals surface area contributed by atoms with Crippen LogP contribution in [0.2, 0.25) is 0 Å². The maximum atomic E-state index is 11.9. The van der Waals surface area contributed by atoms with Gasteiger partial charge in [0.15, 0.2) is 17.3 Å². The summed E-state index contributed by atoms with van der Waals surface area (Å²) in [5, 5.41) is 0. The molecule has 0 saturated heterocycles. The summed E-state index contributed by atoms with van der Waals surface area (Å²) in [6, 6.07) is 1.78. The molecule has 1 aliphatic heterocycles. The van der Waals surface area contributed by atoms with Gasteiger partial charge in [-0.25, -0.2) is 0 Å². The van der Waals surface area contributed by atoms with Crippen LogP contribution in [0.1, 0.15) is 35.7 Å². The highest BCUT2D eigenvalue weighted by Crippen LogP contribution is 2.45. The molecule has 5 heteroatoms. The zero-order valence-corrected chi connectivity index (χ0v) is 12.0. The van der Waals surface area contributed by atoms with Gasteiger partial charge in [-0.15, -0.1) is 0 Å². The number of rotatable bonds is 3. The fraction of sp³-hybridized carbons (Fsp3) is 0.462. The van der Waals surface area contributed by atoms with Crippen LogP contribution < -0.4 is 15.2 Å². The summed E-state index contributed by atoms with van der Waals surface area (Å²) in [7, 11) is 0. The van der Waals surface area contributed by atoms with Crippen LogP contribution >= 0.6 is 15.9 Å². The Morgan fingerprint density at radius 3 is 2.56 bits per heavy atom. The van der Waals surface area contributed by atoms with E-state index in [0.717, 1.165) is 10.0 Å². The van der Waals surface area contributed by atoms with Gasteiger partial charge < -0.3 is 15.2 Å². The molecule has 4 nitrogen and oxygen atoms in total. The van der Waals surface area contributed by atoms with E-state index in [4.69, 9.17) is 15.2 Å². The van der Waals surface area contributed by atoms with Crippen molar-refractivity contribution < 1.29 is 14.3 Å². The minimum atomic E-state index is -0.0867. The summed E-state index contributed by atoms with van der Waals surface area (Å²) in [4.78, 5) is 11.9. The molecule has 0 bridgehead atoms. The van der Waals surface area contributed by atoms with Gasteiger partial charge in [-0.05, 0) is 27.9 Å². The number of hydrogen-bond donors (Lipinski definition) is 1. The highest BCUT2D eigenvalue weighted by atomic mass is 79.9. The number of hydrogen-bond acceptors (Lipinski definition) is 4. The molecular weight excluding hydrogens is 298 g/mol. The summed E-state index contributed by atoms with van der Waals surface area (Å²) in [5.74, 6) is 1.43. The van der Waals surface area contributed by atoms with Crippen LogP contribution in [0.25, 0.3) is 0 Å².